The fraction of sp³-hybridized carbons (Fsp3) is 0. The number of aromatic carboxylic acids is 1. The molecule has 148 valence electrons. The third-order valence-electron chi connectivity index (χ3n) is 3.28. The first kappa shape index (κ1) is 22.6. The van der Waals surface area contributed by atoms with Crippen LogP contribution in [0.5, 0.6) is 0 Å². The van der Waals surface area contributed by atoms with Gasteiger partial charge in [-0.1, -0.05) is 0 Å². The number of halogens is 2. The van der Waals surface area contributed by atoms with Gasteiger partial charge in [-0.25, -0.2) is 19.7 Å². The highest BCUT2D eigenvalue weighted by Gasteiger charge is 2.10. The van der Waals surface area contributed by atoms with Crippen molar-refractivity contribution in [2.75, 3.05) is 0 Å². The molecule has 0 saturated heterocycles. The zero-order valence-corrected chi connectivity index (χ0v) is 17.6. The second-order valence-corrected chi connectivity index (χ2v) is 7.58. The van der Waals surface area contributed by atoms with Crippen molar-refractivity contribution < 1.29 is 32.1 Å². The summed E-state index contributed by atoms with van der Waals surface area (Å²) in [6.07, 6.45) is 9.80. The van der Waals surface area contributed by atoms with Gasteiger partial charge in [0.1, 0.15) is 19.8 Å². The maximum absolute atomic E-state index is 10.8. The van der Waals surface area contributed by atoms with E-state index in [0.717, 1.165) is 27.5 Å². The fourth-order valence-corrected chi connectivity index (χ4v) is 3.67. The van der Waals surface area contributed by atoms with Gasteiger partial charge in [0.2, 0.25) is 0 Å². The van der Waals surface area contributed by atoms with Crippen LogP contribution in [0.25, 0.3) is 21.1 Å². The number of aromatic amines is 1. The molecular formula is C18H12Cl2N4O3S2. The average molecular weight is 467 g/mol. The Kier molecular flexibility index (Phi) is 8.34. The highest BCUT2D eigenvalue weighted by atomic mass is 35.5. The first-order chi connectivity index (χ1) is 13.5. The molecule has 0 radical (unpaired) electrons. The monoisotopic (exact) mass is 466 g/mol. The van der Waals surface area contributed by atoms with E-state index in [9.17, 15) is 9.59 Å². The minimum atomic E-state index is -0.947. The number of carboxylic acids is 1. The van der Waals surface area contributed by atoms with E-state index in [1.807, 2.05) is 30.6 Å². The quantitative estimate of drug-likeness (QED) is 0.448. The molecule has 0 bridgehead atoms. The Bertz CT molecular complexity index is 1000. The highest BCUT2D eigenvalue weighted by molar-refractivity contribution is 7.18. The minimum Gasteiger partial charge on any atom is -1.00 e. The number of thiazole rings is 2. The van der Waals surface area contributed by atoms with Crippen molar-refractivity contribution in [1.29, 1.82) is 0 Å². The molecule has 11 heteroatoms. The van der Waals surface area contributed by atoms with Crippen LogP contribution in [0.1, 0.15) is 19.3 Å². The van der Waals surface area contributed by atoms with Crippen LogP contribution in [-0.4, -0.2) is 31.3 Å². The molecule has 4 rings (SSSR count). The predicted octanol–water partition coefficient (Wildman–Crippen LogP) is 0.910. The lowest BCUT2D eigenvalue weighted by Gasteiger charge is -1.91. The summed E-state index contributed by atoms with van der Waals surface area (Å²) >= 11 is 7.75. The summed E-state index contributed by atoms with van der Waals surface area (Å²) < 4.78 is 0. The summed E-state index contributed by atoms with van der Waals surface area (Å²) in [6, 6.07) is 7.42. The molecule has 0 spiro atoms. The van der Waals surface area contributed by atoms with E-state index in [2.05, 4.69) is 19.9 Å². The van der Waals surface area contributed by atoms with Crippen LogP contribution in [0.2, 0.25) is 0 Å². The summed E-state index contributed by atoms with van der Waals surface area (Å²) in [4.78, 5) is 37.1. The lowest BCUT2D eigenvalue weighted by Crippen LogP contribution is -3.00. The van der Waals surface area contributed by atoms with Gasteiger partial charge in [-0.15, -0.1) is 22.7 Å². The Labute approximate surface area is 184 Å². The summed E-state index contributed by atoms with van der Waals surface area (Å²) in [5, 5.41) is 9.70. The number of pyridine rings is 2. The Morgan fingerprint density at radius 2 is 1.62 bits per heavy atom. The number of carbonyl (C=O) groups excluding carboxylic acids is 1. The van der Waals surface area contributed by atoms with Gasteiger partial charge in [0.15, 0.2) is 12.4 Å². The topological polar surface area (TPSA) is 107 Å². The molecule has 0 aromatic carbocycles. The van der Waals surface area contributed by atoms with Gasteiger partial charge in [0, 0.05) is 24.0 Å². The van der Waals surface area contributed by atoms with E-state index in [1.54, 1.807) is 18.5 Å². The number of nitrogens with zero attached hydrogens (tertiary/aromatic N) is 3. The third kappa shape index (κ3) is 6.13. The van der Waals surface area contributed by atoms with Crippen molar-refractivity contribution in [2.45, 2.75) is 0 Å². The lowest BCUT2D eigenvalue weighted by molar-refractivity contribution is -0.377. The van der Waals surface area contributed by atoms with Gasteiger partial charge in [-0.2, -0.15) is 0 Å². The molecule has 4 heterocycles. The van der Waals surface area contributed by atoms with Crippen LogP contribution in [0.15, 0.2) is 61.4 Å². The first-order valence-corrected chi connectivity index (χ1v) is 9.77. The summed E-state index contributed by atoms with van der Waals surface area (Å²) in [6.45, 7) is 0. The van der Waals surface area contributed by atoms with E-state index < -0.39 is 11.2 Å². The van der Waals surface area contributed by atoms with Gasteiger partial charge in [-0.3, -0.25) is 9.78 Å². The molecule has 29 heavy (non-hydrogen) atoms. The molecule has 4 aromatic rings. The average Bonchev–Trinajstić information content (AvgIpc) is 3.40. The zero-order chi connectivity index (χ0) is 19.9. The number of aromatic nitrogens is 4. The molecule has 0 aliphatic carbocycles. The van der Waals surface area contributed by atoms with Gasteiger partial charge >= 0.3 is 5.97 Å². The van der Waals surface area contributed by atoms with E-state index in [4.69, 9.17) is 16.7 Å². The standard InChI is InChI=1S/C9H5ClN2OS.C9H6N2O2S.ClH/c10-8(13)7-5-12-9(14-7)6-2-1-3-11-4-6;12-9(13)7-5-11-8(14-7)6-2-1-3-10-4-6;/h1-5H;1-5H,(H,12,13);1H. The number of hydrogen-bond acceptors (Lipinski definition) is 7. The van der Waals surface area contributed by atoms with Crippen molar-refractivity contribution in [1.82, 2.24) is 15.0 Å². The van der Waals surface area contributed by atoms with Crippen molar-refractivity contribution in [3.63, 3.8) is 0 Å². The summed E-state index contributed by atoms with van der Waals surface area (Å²) in [7, 11) is 0. The van der Waals surface area contributed by atoms with Crippen LogP contribution >= 0.6 is 34.3 Å². The Balaban J connectivity index is 0.000000200. The number of carboxylic acid groups (broad SMARTS) is 1. The van der Waals surface area contributed by atoms with Crippen LogP contribution in [0.4, 0.5) is 0 Å². The number of H-pyrrole nitrogens is 1. The van der Waals surface area contributed by atoms with Crippen molar-refractivity contribution in [2.24, 2.45) is 0 Å². The molecule has 0 fully saturated rings. The summed E-state index contributed by atoms with van der Waals surface area (Å²) in [5.41, 5.74) is 1.78. The third-order valence-corrected chi connectivity index (χ3v) is 5.67. The second kappa shape index (κ2) is 10.7. The maximum atomic E-state index is 10.8. The van der Waals surface area contributed by atoms with Gasteiger partial charge < -0.3 is 17.5 Å². The van der Waals surface area contributed by atoms with E-state index in [1.165, 1.54) is 23.7 Å². The number of hydrogen-bond donors (Lipinski definition) is 1. The maximum Gasteiger partial charge on any atom is 0.347 e. The highest BCUT2D eigenvalue weighted by Crippen LogP contribution is 2.25. The van der Waals surface area contributed by atoms with E-state index >= 15 is 0 Å². The van der Waals surface area contributed by atoms with Crippen LogP contribution in [-0.2, 0) is 0 Å². The van der Waals surface area contributed by atoms with E-state index in [-0.39, 0.29) is 17.3 Å². The minimum absolute atomic E-state index is 0. The molecule has 4 aromatic heterocycles. The summed E-state index contributed by atoms with van der Waals surface area (Å²) in [5.74, 6) is -0.947. The van der Waals surface area contributed by atoms with Crippen molar-refractivity contribution in [3.8, 4) is 21.1 Å². The van der Waals surface area contributed by atoms with Crippen LogP contribution in [0, 0.1) is 0 Å². The van der Waals surface area contributed by atoms with Gasteiger partial charge in [0.05, 0.1) is 18.0 Å². The normalized spacial score (nSPS) is 9.69. The fourth-order valence-electron chi connectivity index (χ4n) is 2.02. The second-order valence-electron chi connectivity index (χ2n) is 5.17. The smallest absolute Gasteiger partial charge is 0.347 e. The molecule has 0 atom stereocenters. The molecule has 0 aliphatic rings. The SMILES string of the molecule is O=C(Cl)c1cnc(-c2ccc[nH+]c2)s1.O=C(O)c1cnc(-c2cccnc2)s1.[Cl-]. The first-order valence-electron chi connectivity index (χ1n) is 7.76. The largest absolute Gasteiger partial charge is 1.00 e. The molecule has 0 saturated carbocycles. The lowest BCUT2D eigenvalue weighted by atomic mass is 10.3. The molecule has 2 N–H and O–H groups in total. The molecule has 7 nitrogen and oxygen atoms in total. The molecule has 0 amide bonds. The van der Waals surface area contributed by atoms with E-state index in [0.29, 0.717) is 9.88 Å². The molecule has 0 aliphatic heterocycles. The predicted molar refractivity (Wildman–Crippen MR) is 107 cm³/mol. The number of nitrogens with one attached hydrogen (secondary N) is 1. The van der Waals surface area contributed by atoms with Crippen LogP contribution < -0.4 is 17.4 Å². The Hall–Kier alpha value is -2.72. The molecular weight excluding hydrogens is 455 g/mol. The molecule has 0 unspecified atom stereocenters. The Morgan fingerprint density at radius 1 is 0.966 bits per heavy atom. The number of carbonyl (C=O) groups is 2. The van der Waals surface area contributed by atoms with Crippen molar-refractivity contribution >= 4 is 45.5 Å². The van der Waals surface area contributed by atoms with Crippen molar-refractivity contribution in [3.05, 3.63) is 71.2 Å². The Morgan fingerprint density at radius 3 is 2.14 bits per heavy atom. The van der Waals surface area contributed by atoms with Gasteiger partial charge in [0.25, 0.3) is 5.24 Å². The van der Waals surface area contributed by atoms with Crippen LogP contribution in [0.3, 0.4) is 0 Å². The zero-order valence-electron chi connectivity index (χ0n) is 14.5. The number of rotatable bonds is 4. The van der Waals surface area contributed by atoms with Gasteiger partial charge in [-0.05, 0) is 29.8 Å².